The van der Waals surface area contributed by atoms with E-state index >= 15 is 0 Å². The number of halogens is 1. The zero-order valence-electron chi connectivity index (χ0n) is 15.5. The molecule has 0 amide bonds. The van der Waals surface area contributed by atoms with Crippen LogP contribution in [0.25, 0.3) is 11.1 Å². The first-order valence-corrected chi connectivity index (χ1v) is 11.4. The second kappa shape index (κ2) is 8.59. The minimum absolute atomic E-state index is 0.135. The Hall–Kier alpha value is -2.06. The molecule has 0 saturated carbocycles. The Kier molecular flexibility index (Phi) is 6.48. The summed E-state index contributed by atoms with van der Waals surface area (Å²) in [4.78, 5) is 19.1. The van der Waals surface area contributed by atoms with Crippen molar-refractivity contribution in [1.82, 2.24) is 0 Å². The highest BCUT2D eigenvalue weighted by Crippen LogP contribution is 2.46. The van der Waals surface area contributed by atoms with Crippen LogP contribution in [0.4, 0.5) is 4.79 Å². The highest BCUT2D eigenvalue weighted by Gasteiger charge is 2.33. The van der Waals surface area contributed by atoms with Gasteiger partial charge in [0.05, 0.1) is 24.0 Å². The maximum absolute atomic E-state index is 12.2. The first-order valence-electron chi connectivity index (χ1n) is 8.16. The van der Waals surface area contributed by atoms with Gasteiger partial charge < -0.3 is 4.74 Å². The van der Waals surface area contributed by atoms with Crippen LogP contribution in [-0.4, -0.2) is 43.1 Å². The van der Waals surface area contributed by atoms with E-state index in [1.165, 1.54) is 36.4 Å². The van der Waals surface area contributed by atoms with Crippen molar-refractivity contribution in [3.05, 3.63) is 47.5 Å². The third-order valence-electron chi connectivity index (χ3n) is 4.35. The van der Waals surface area contributed by atoms with E-state index in [1.807, 2.05) is 0 Å². The largest absolute Gasteiger partial charge is 0.453 e. The molecule has 0 unspecified atom stereocenters. The number of hydrogen-bond acceptors (Lipinski definition) is 10. The van der Waals surface area contributed by atoms with Crippen LogP contribution >= 0.6 is 11.6 Å². The Morgan fingerprint density at radius 1 is 0.867 bits per heavy atom. The third kappa shape index (κ3) is 4.34. The van der Waals surface area contributed by atoms with Gasteiger partial charge in [-0.05, 0) is 46.5 Å². The molecule has 0 bridgehead atoms. The molecule has 3 rings (SSSR count). The zero-order valence-corrected chi connectivity index (χ0v) is 17.9. The molecule has 162 valence electrons. The van der Waals surface area contributed by atoms with Crippen LogP contribution < -0.4 is 0 Å². The van der Waals surface area contributed by atoms with Crippen molar-refractivity contribution in [3.8, 4) is 11.1 Å². The Balaban J connectivity index is 2.18. The molecule has 0 aliphatic heterocycles. The molecule has 0 fully saturated rings. The van der Waals surface area contributed by atoms with Gasteiger partial charge in [-0.15, -0.1) is 8.67 Å². The fourth-order valence-electron chi connectivity index (χ4n) is 3.21. The van der Waals surface area contributed by atoms with Crippen LogP contribution in [0.5, 0.6) is 0 Å². The predicted octanol–water partition coefficient (Wildman–Crippen LogP) is 2.71. The van der Waals surface area contributed by atoms with E-state index in [4.69, 9.17) is 16.3 Å². The monoisotopic (exact) mass is 478 g/mol. The van der Waals surface area contributed by atoms with Crippen molar-refractivity contribution in [2.45, 2.75) is 15.7 Å². The molecule has 0 spiro atoms. The molecule has 0 aromatic heterocycles. The van der Waals surface area contributed by atoms with E-state index in [-0.39, 0.29) is 16.4 Å². The van der Waals surface area contributed by atoms with Gasteiger partial charge in [0.1, 0.15) is 6.61 Å². The van der Waals surface area contributed by atoms with E-state index in [2.05, 4.69) is 18.4 Å². The van der Waals surface area contributed by atoms with Crippen LogP contribution in [0.1, 0.15) is 17.0 Å². The van der Waals surface area contributed by atoms with Gasteiger partial charge in [0.25, 0.3) is 0 Å². The lowest BCUT2D eigenvalue weighted by Gasteiger charge is -2.13. The smallest absolute Gasteiger partial charge is 0.403 e. The van der Waals surface area contributed by atoms with Crippen molar-refractivity contribution >= 4 is 37.3 Å². The fraction of sp³-hybridized carbons (Fsp3) is 0.235. The molecule has 2 aromatic rings. The Morgan fingerprint density at radius 3 is 1.67 bits per heavy atom. The summed E-state index contributed by atoms with van der Waals surface area (Å²) in [5.74, 6) is -0.502. The van der Waals surface area contributed by atoms with Gasteiger partial charge >= 0.3 is 25.7 Å². The Bertz CT molecular complexity index is 1110. The number of fused-ring (bicyclic) bond motifs is 3. The SMILES string of the molecule is COOS(=O)(=O)c1ccc2c(c1)-c1cc(S(=O)(=O)OOC)ccc1C2COC(=O)Cl. The summed E-state index contributed by atoms with van der Waals surface area (Å²) in [6.45, 7) is -0.135. The van der Waals surface area contributed by atoms with Crippen molar-refractivity contribution in [3.63, 3.8) is 0 Å². The number of carbonyl (C=O) groups excluding carboxylic acids is 1. The van der Waals surface area contributed by atoms with Crippen LogP contribution in [-0.2, 0) is 43.4 Å². The summed E-state index contributed by atoms with van der Waals surface area (Å²) in [7, 11) is -6.34. The molecule has 0 N–H and O–H groups in total. The molecule has 1 aliphatic rings. The molecule has 0 heterocycles. The van der Waals surface area contributed by atoms with Gasteiger partial charge in [-0.1, -0.05) is 12.1 Å². The summed E-state index contributed by atoms with van der Waals surface area (Å²) in [6.07, 6.45) is 0. The Morgan fingerprint density at radius 2 is 1.30 bits per heavy atom. The minimum Gasteiger partial charge on any atom is -0.453 e. The van der Waals surface area contributed by atoms with Gasteiger partial charge in [0.2, 0.25) is 0 Å². The molecule has 13 heteroatoms. The first kappa shape index (κ1) is 22.6. The molecule has 0 radical (unpaired) electrons. The number of rotatable bonds is 8. The lowest BCUT2D eigenvalue weighted by molar-refractivity contribution is -0.172. The molecular formula is C17H15ClO10S2. The maximum Gasteiger partial charge on any atom is 0.403 e. The number of ether oxygens (including phenoxy) is 1. The molecule has 30 heavy (non-hydrogen) atoms. The van der Waals surface area contributed by atoms with Crippen LogP contribution in [0.2, 0.25) is 0 Å². The molecule has 1 aliphatic carbocycles. The second-order valence-corrected chi connectivity index (χ2v) is 9.32. The summed E-state index contributed by atoms with van der Waals surface area (Å²) < 4.78 is 62.3. The average molecular weight is 479 g/mol. The highest BCUT2D eigenvalue weighted by molar-refractivity contribution is 7.87. The van der Waals surface area contributed by atoms with Gasteiger partial charge in [-0.3, -0.25) is 0 Å². The summed E-state index contributed by atoms with van der Waals surface area (Å²) in [6, 6.07) is 8.21. The number of hydrogen-bond donors (Lipinski definition) is 0. The summed E-state index contributed by atoms with van der Waals surface area (Å²) in [5.41, 5.74) is 0.986. The van der Waals surface area contributed by atoms with Crippen LogP contribution in [0.15, 0.2) is 46.2 Å². The van der Waals surface area contributed by atoms with Gasteiger partial charge in [0, 0.05) is 17.5 Å². The highest BCUT2D eigenvalue weighted by atomic mass is 35.5. The third-order valence-corrected chi connectivity index (χ3v) is 6.75. The maximum atomic E-state index is 12.2. The van der Waals surface area contributed by atoms with E-state index in [0.29, 0.717) is 22.3 Å². The Labute approximate surface area is 177 Å². The molecular weight excluding hydrogens is 464 g/mol. The quantitative estimate of drug-likeness (QED) is 0.317. The standard InChI is InChI=1S/C17H15ClO10S2/c1-24-27-29(20,21)10-3-5-12-14(7-10)15-8-11(30(22,23)28-25-2)4-6-13(15)16(12)9-26-17(18)19/h3-8,16H,9H2,1-2H3. The topological polar surface area (TPSA) is 132 Å². The van der Waals surface area contributed by atoms with Gasteiger partial charge in [-0.25, -0.2) is 14.6 Å². The van der Waals surface area contributed by atoms with Crippen LogP contribution in [0, 0.1) is 0 Å². The zero-order chi connectivity index (χ0) is 22.1. The van der Waals surface area contributed by atoms with E-state index in [9.17, 15) is 21.6 Å². The summed E-state index contributed by atoms with van der Waals surface area (Å²) in [5, 5.41) is 0. The van der Waals surface area contributed by atoms with E-state index < -0.39 is 31.6 Å². The van der Waals surface area contributed by atoms with Gasteiger partial charge in [-0.2, -0.15) is 16.8 Å². The first-order chi connectivity index (χ1) is 14.1. The number of carbonyl (C=O) groups is 1. The van der Waals surface area contributed by atoms with Crippen LogP contribution in [0.3, 0.4) is 0 Å². The van der Waals surface area contributed by atoms with Crippen molar-refractivity contribution < 1.29 is 44.8 Å². The van der Waals surface area contributed by atoms with Crippen molar-refractivity contribution in [2.75, 3.05) is 20.8 Å². The average Bonchev–Trinajstić information content (AvgIpc) is 2.98. The van der Waals surface area contributed by atoms with E-state index in [1.54, 1.807) is 0 Å². The molecule has 10 nitrogen and oxygen atoms in total. The normalized spacial score (nSPS) is 13.7. The van der Waals surface area contributed by atoms with Crippen molar-refractivity contribution in [2.24, 2.45) is 0 Å². The van der Waals surface area contributed by atoms with Gasteiger partial charge in [0.15, 0.2) is 0 Å². The lowest BCUT2D eigenvalue weighted by Crippen LogP contribution is -2.09. The minimum atomic E-state index is -4.22. The van der Waals surface area contributed by atoms with Crippen molar-refractivity contribution in [1.29, 1.82) is 0 Å². The fourth-order valence-corrected chi connectivity index (χ4v) is 4.78. The molecule has 0 atom stereocenters. The lowest BCUT2D eigenvalue weighted by atomic mass is 9.98. The molecule has 2 aromatic carbocycles. The summed E-state index contributed by atoms with van der Waals surface area (Å²) >= 11 is 5.27. The predicted molar refractivity (Wildman–Crippen MR) is 101 cm³/mol. The number of benzene rings is 2. The van der Waals surface area contributed by atoms with E-state index in [0.717, 1.165) is 14.2 Å². The second-order valence-electron chi connectivity index (χ2n) is 5.98. The molecule has 0 saturated heterocycles.